The van der Waals surface area contributed by atoms with Crippen molar-refractivity contribution in [2.45, 2.75) is 30.8 Å². The maximum atomic E-state index is 12.0. The molecule has 4 N–H and O–H groups in total. The summed E-state index contributed by atoms with van der Waals surface area (Å²) in [6, 6.07) is 6.42. The lowest BCUT2D eigenvalue weighted by Crippen LogP contribution is -2.46. The van der Waals surface area contributed by atoms with Crippen molar-refractivity contribution in [2.75, 3.05) is 6.61 Å². The van der Waals surface area contributed by atoms with Crippen LogP contribution < -0.4 is 10.5 Å². The third-order valence-electron chi connectivity index (χ3n) is 2.25. The fraction of sp³-hybridized carbons (Fsp3) is 0.455. The highest BCUT2D eigenvalue weighted by Gasteiger charge is 2.25. The molecule has 1 rings (SSSR count). The molecule has 1 aromatic carbocycles. The summed E-state index contributed by atoms with van der Waals surface area (Å²) in [5, 5.41) is 9.06. The minimum atomic E-state index is -3.63. The monoisotopic (exact) mass is 258 g/mol. The van der Waals surface area contributed by atoms with Crippen molar-refractivity contribution in [3.63, 3.8) is 0 Å². The normalized spacial score (nSPS) is 12.7. The first-order valence-corrected chi connectivity index (χ1v) is 6.73. The van der Waals surface area contributed by atoms with Gasteiger partial charge >= 0.3 is 0 Å². The molecule has 0 aromatic heterocycles. The summed E-state index contributed by atoms with van der Waals surface area (Å²) in [5.41, 5.74) is 5.31. The molecule has 6 heteroatoms. The van der Waals surface area contributed by atoms with Crippen LogP contribution in [0, 0.1) is 0 Å². The zero-order valence-corrected chi connectivity index (χ0v) is 10.8. The molecule has 0 aliphatic rings. The SMILES string of the molecule is CC(C)(CO)NS(=O)(=O)c1cccc(CN)c1. The van der Waals surface area contributed by atoms with Gasteiger partial charge in [-0.15, -0.1) is 0 Å². The fourth-order valence-electron chi connectivity index (χ4n) is 1.29. The number of aliphatic hydroxyl groups is 1. The van der Waals surface area contributed by atoms with Gasteiger partial charge in [-0.05, 0) is 31.5 Å². The molecule has 0 fully saturated rings. The molecule has 96 valence electrons. The third-order valence-corrected chi connectivity index (χ3v) is 3.95. The van der Waals surface area contributed by atoms with Gasteiger partial charge in [-0.2, -0.15) is 0 Å². The van der Waals surface area contributed by atoms with Crippen molar-refractivity contribution in [3.8, 4) is 0 Å². The summed E-state index contributed by atoms with van der Waals surface area (Å²) in [6.07, 6.45) is 0. The van der Waals surface area contributed by atoms with Crippen molar-refractivity contribution >= 4 is 10.0 Å². The van der Waals surface area contributed by atoms with Gasteiger partial charge in [0.15, 0.2) is 0 Å². The van der Waals surface area contributed by atoms with Gasteiger partial charge in [0.2, 0.25) is 10.0 Å². The van der Waals surface area contributed by atoms with E-state index in [0.717, 1.165) is 5.56 Å². The summed E-state index contributed by atoms with van der Waals surface area (Å²) < 4.78 is 26.5. The predicted octanol–water partition coefficient (Wildman–Crippen LogP) is 0.194. The molecular weight excluding hydrogens is 240 g/mol. The quantitative estimate of drug-likeness (QED) is 0.703. The number of nitrogens with one attached hydrogen (secondary N) is 1. The third kappa shape index (κ3) is 3.78. The van der Waals surface area contributed by atoms with Crippen molar-refractivity contribution in [1.29, 1.82) is 0 Å². The molecule has 0 aliphatic heterocycles. The van der Waals surface area contributed by atoms with E-state index in [0.29, 0.717) is 0 Å². The van der Waals surface area contributed by atoms with E-state index in [1.165, 1.54) is 12.1 Å². The Bertz CT molecular complexity index is 483. The first-order valence-electron chi connectivity index (χ1n) is 5.24. The Morgan fingerprint density at radius 3 is 2.59 bits per heavy atom. The average Bonchev–Trinajstić information content (AvgIpc) is 2.28. The summed E-state index contributed by atoms with van der Waals surface area (Å²) in [5.74, 6) is 0. The standard InChI is InChI=1S/C11H18N2O3S/c1-11(2,8-14)13-17(15,16)10-5-3-4-9(6-10)7-12/h3-6,13-14H,7-8,12H2,1-2H3. The van der Waals surface area contributed by atoms with Gasteiger partial charge in [-0.25, -0.2) is 13.1 Å². The predicted molar refractivity (Wildman–Crippen MR) is 65.8 cm³/mol. The first-order chi connectivity index (χ1) is 7.80. The van der Waals surface area contributed by atoms with Crippen LogP contribution in [0.3, 0.4) is 0 Å². The van der Waals surface area contributed by atoms with E-state index >= 15 is 0 Å². The molecule has 0 unspecified atom stereocenters. The topological polar surface area (TPSA) is 92.4 Å². The highest BCUT2D eigenvalue weighted by Crippen LogP contribution is 2.14. The maximum absolute atomic E-state index is 12.0. The molecule has 5 nitrogen and oxygen atoms in total. The number of hydrogen-bond acceptors (Lipinski definition) is 4. The van der Waals surface area contributed by atoms with Crippen molar-refractivity contribution in [1.82, 2.24) is 4.72 Å². The molecular formula is C11H18N2O3S. The van der Waals surface area contributed by atoms with E-state index in [-0.39, 0.29) is 18.0 Å². The van der Waals surface area contributed by atoms with Gasteiger partial charge in [0.25, 0.3) is 0 Å². The van der Waals surface area contributed by atoms with E-state index in [9.17, 15) is 8.42 Å². The van der Waals surface area contributed by atoms with E-state index in [1.54, 1.807) is 26.0 Å². The van der Waals surface area contributed by atoms with Crippen LogP contribution in [0.5, 0.6) is 0 Å². The second-order valence-corrected chi connectivity index (χ2v) is 6.18. The molecule has 17 heavy (non-hydrogen) atoms. The van der Waals surface area contributed by atoms with E-state index in [2.05, 4.69) is 4.72 Å². The number of benzene rings is 1. The van der Waals surface area contributed by atoms with Gasteiger partial charge in [-0.3, -0.25) is 0 Å². The Hall–Kier alpha value is -0.950. The molecule has 0 spiro atoms. The van der Waals surface area contributed by atoms with Crippen LogP contribution in [0.4, 0.5) is 0 Å². The molecule has 0 heterocycles. The molecule has 0 amide bonds. The Balaban J connectivity index is 3.05. The number of sulfonamides is 1. The Kier molecular flexibility index (Phi) is 4.26. The molecule has 0 atom stereocenters. The Labute approximate surface area is 102 Å². The molecule has 0 aliphatic carbocycles. The minimum absolute atomic E-state index is 0.155. The lowest BCUT2D eigenvalue weighted by molar-refractivity contribution is 0.208. The van der Waals surface area contributed by atoms with Crippen LogP contribution in [-0.4, -0.2) is 25.7 Å². The second-order valence-electron chi connectivity index (χ2n) is 4.50. The lowest BCUT2D eigenvalue weighted by atomic mass is 10.1. The van der Waals surface area contributed by atoms with Crippen molar-refractivity contribution in [2.24, 2.45) is 5.73 Å². The largest absolute Gasteiger partial charge is 0.394 e. The maximum Gasteiger partial charge on any atom is 0.241 e. The molecule has 0 bridgehead atoms. The average molecular weight is 258 g/mol. The number of hydrogen-bond donors (Lipinski definition) is 3. The highest BCUT2D eigenvalue weighted by atomic mass is 32.2. The van der Waals surface area contributed by atoms with Crippen LogP contribution in [0.25, 0.3) is 0 Å². The van der Waals surface area contributed by atoms with Crippen molar-refractivity contribution in [3.05, 3.63) is 29.8 Å². The molecule has 0 radical (unpaired) electrons. The van der Waals surface area contributed by atoms with E-state index in [4.69, 9.17) is 10.8 Å². The minimum Gasteiger partial charge on any atom is -0.394 e. The summed E-state index contributed by atoms with van der Waals surface area (Å²) in [7, 11) is -3.63. The molecule has 1 aromatic rings. The van der Waals surface area contributed by atoms with Crippen LogP contribution >= 0.6 is 0 Å². The summed E-state index contributed by atoms with van der Waals surface area (Å²) in [4.78, 5) is 0.155. The van der Waals surface area contributed by atoms with Gasteiger partial charge < -0.3 is 10.8 Å². The van der Waals surface area contributed by atoms with Gasteiger partial charge in [0.1, 0.15) is 0 Å². The van der Waals surface area contributed by atoms with Crippen molar-refractivity contribution < 1.29 is 13.5 Å². The number of rotatable bonds is 5. The lowest BCUT2D eigenvalue weighted by Gasteiger charge is -2.23. The Morgan fingerprint density at radius 2 is 2.06 bits per heavy atom. The smallest absolute Gasteiger partial charge is 0.241 e. The zero-order chi connectivity index (χ0) is 13.1. The second kappa shape index (κ2) is 5.14. The molecule has 0 saturated carbocycles. The molecule has 0 saturated heterocycles. The van der Waals surface area contributed by atoms with Crippen LogP contribution in [0.2, 0.25) is 0 Å². The first kappa shape index (κ1) is 14.1. The highest BCUT2D eigenvalue weighted by molar-refractivity contribution is 7.89. The van der Waals surface area contributed by atoms with E-state index in [1.807, 2.05) is 0 Å². The van der Waals surface area contributed by atoms with Gasteiger partial charge in [-0.1, -0.05) is 12.1 Å². The zero-order valence-electron chi connectivity index (χ0n) is 9.97. The van der Waals surface area contributed by atoms with Crippen LogP contribution in [0.15, 0.2) is 29.2 Å². The number of nitrogens with two attached hydrogens (primary N) is 1. The van der Waals surface area contributed by atoms with E-state index < -0.39 is 15.6 Å². The number of aliphatic hydroxyl groups excluding tert-OH is 1. The summed E-state index contributed by atoms with van der Waals surface area (Å²) in [6.45, 7) is 3.23. The van der Waals surface area contributed by atoms with Gasteiger partial charge in [0.05, 0.1) is 17.0 Å². The van der Waals surface area contributed by atoms with Crippen LogP contribution in [0.1, 0.15) is 19.4 Å². The van der Waals surface area contributed by atoms with Crippen LogP contribution in [-0.2, 0) is 16.6 Å². The Morgan fingerprint density at radius 1 is 1.41 bits per heavy atom. The van der Waals surface area contributed by atoms with Gasteiger partial charge in [0, 0.05) is 6.54 Å². The summed E-state index contributed by atoms with van der Waals surface area (Å²) >= 11 is 0. The fourth-order valence-corrected chi connectivity index (χ4v) is 2.77.